The summed E-state index contributed by atoms with van der Waals surface area (Å²) in [6.45, 7) is 9.08. The van der Waals surface area contributed by atoms with Crippen molar-refractivity contribution in [3.05, 3.63) is 22.8 Å². The van der Waals surface area contributed by atoms with Gasteiger partial charge in [-0.3, -0.25) is 4.68 Å². The van der Waals surface area contributed by atoms with E-state index >= 15 is 0 Å². The third-order valence-corrected chi connectivity index (χ3v) is 3.87. The molecule has 0 aliphatic rings. The zero-order valence-corrected chi connectivity index (χ0v) is 15.2. The van der Waals surface area contributed by atoms with Crippen LogP contribution in [0.2, 0.25) is 0 Å². The second-order valence-corrected chi connectivity index (χ2v) is 6.32. The minimum Gasteiger partial charge on any atom is -0.354 e. The summed E-state index contributed by atoms with van der Waals surface area (Å²) in [6.07, 6.45) is 0.894. The van der Waals surface area contributed by atoms with E-state index in [0.717, 1.165) is 24.5 Å². The summed E-state index contributed by atoms with van der Waals surface area (Å²) in [5.41, 5.74) is 3.57. The van der Waals surface area contributed by atoms with Crippen molar-refractivity contribution in [2.24, 2.45) is 7.05 Å². The smallest absolute Gasteiger partial charge is 0.229 e. The predicted molar refractivity (Wildman–Crippen MR) is 93.1 cm³/mol. The Kier molecular flexibility index (Phi) is 5.18. The topological polar surface area (TPSA) is 71.8 Å². The SMILES string of the molecule is Cc1nn(C)c(C)c1CCNc1nc(C(C)C)nc(N(C)C)n1. The molecular weight excluding hydrogens is 290 g/mol. The van der Waals surface area contributed by atoms with Crippen molar-refractivity contribution in [1.82, 2.24) is 24.7 Å². The van der Waals surface area contributed by atoms with Gasteiger partial charge in [0.15, 0.2) is 0 Å². The number of aryl methyl sites for hydroxylation is 2. The van der Waals surface area contributed by atoms with Crippen molar-refractivity contribution < 1.29 is 0 Å². The lowest BCUT2D eigenvalue weighted by Gasteiger charge is -2.14. The van der Waals surface area contributed by atoms with Crippen molar-refractivity contribution in [2.45, 2.75) is 40.0 Å². The Balaban J connectivity index is 2.10. The summed E-state index contributed by atoms with van der Waals surface area (Å²) in [4.78, 5) is 15.4. The van der Waals surface area contributed by atoms with E-state index in [0.29, 0.717) is 11.9 Å². The fourth-order valence-corrected chi connectivity index (χ4v) is 2.40. The lowest BCUT2D eigenvalue weighted by Crippen LogP contribution is -2.18. The lowest BCUT2D eigenvalue weighted by molar-refractivity contribution is 0.730. The summed E-state index contributed by atoms with van der Waals surface area (Å²) in [6, 6.07) is 0. The van der Waals surface area contributed by atoms with Gasteiger partial charge in [-0.2, -0.15) is 20.1 Å². The second-order valence-electron chi connectivity index (χ2n) is 6.32. The Morgan fingerprint density at radius 3 is 2.35 bits per heavy atom. The maximum absolute atomic E-state index is 4.52. The van der Waals surface area contributed by atoms with Gasteiger partial charge in [0.2, 0.25) is 11.9 Å². The van der Waals surface area contributed by atoms with Crippen LogP contribution in [-0.4, -0.2) is 45.4 Å². The van der Waals surface area contributed by atoms with Crippen LogP contribution in [0.4, 0.5) is 11.9 Å². The van der Waals surface area contributed by atoms with Gasteiger partial charge in [0.05, 0.1) is 5.69 Å². The first-order chi connectivity index (χ1) is 10.8. The van der Waals surface area contributed by atoms with Crippen molar-refractivity contribution in [1.29, 1.82) is 0 Å². The molecule has 23 heavy (non-hydrogen) atoms. The lowest BCUT2D eigenvalue weighted by atomic mass is 10.1. The molecule has 1 N–H and O–H groups in total. The second kappa shape index (κ2) is 6.93. The highest BCUT2D eigenvalue weighted by molar-refractivity contribution is 5.36. The molecule has 2 aromatic heterocycles. The monoisotopic (exact) mass is 317 g/mol. The van der Waals surface area contributed by atoms with E-state index in [1.165, 1.54) is 11.3 Å². The Morgan fingerprint density at radius 2 is 1.83 bits per heavy atom. The zero-order valence-electron chi connectivity index (χ0n) is 15.2. The molecule has 0 unspecified atom stereocenters. The summed E-state index contributed by atoms with van der Waals surface area (Å²) in [5.74, 6) is 2.38. The maximum atomic E-state index is 4.52. The van der Waals surface area contributed by atoms with Crippen LogP contribution in [0.3, 0.4) is 0 Å². The molecule has 0 atom stereocenters. The van der Waals surface area contributed by atoms with E-state index in [2.05, 4.69) is 46.1 Å². The molecule has 7 nitrogen and oxygen atoms in total. The standard InChI is InChI=1S/C16H27N7/c1-10(2)14-18-15(20-16(19-14)22(5)6)17-9-8-13-11(3)21-23(7)12(13)4/h10H,8-9H2,1-7H3,(H,17,18,19,20). The first-order valence-electron chi connectivity index (χ1n) is 7.95. The minimum atomic E-state index is 0.264. The average Bonchev–Trinajstić information content (AvgIpc) is 2.73. The summed E-state index contributed by atoms with van der Waals surface area (Å²) < 4.78 is 1.93. The maximum Gasteiger partial charge on any atom is 0.229 e. The van der Waals surface area contributed by atoms with Crippen molar-refractivity contribution in [3.63, 3.8) is 0 Å². The van der Waals surface area contributed by atoms with Crippen molar-refractivity contribution in [2.75, 3.05) is 30.9 Å². The molecule has 2 heterocycles. The van der Waals surface area contributed by atoms with Crippen LogP contribution in [0.15, 0.2) is 0 Å². The van der Waals surface area contributed by atoms with Crippen LogP contribution in [0.25, 0.3) is 0 Å². The zero-order chi connectivity index (χ0) is 17.1. The summed E-state index contributed by atoms with van der Waals surface area (Å²) >= 11 is 0. The molecule has 0 saturated carbocycles. The molecular formula is C16H27N7. The van der Waals surface area contributed by atoms with Crippen molar-refractivity contribution >= 4 is 11.9 Å². The van der Waals surface area contributed by atoms with Gasteiger partial charge in [-0.05, 0) is 25.8 Å². The first kappa shape index (κ1) is 17.2. The van der Waals surface area contributed by atoms with E-state index in [4.69, 9.17) is 0 Å². The van der Waals surface area contributed by atoms with Crippen LogP contribution in [0.5, 0.6) is 0 Å². The van der Waals surface area contributed by atoms with Crippen LogP contribution in [0.1, 0.15) is 42.5 Å². The molecule has 0 amide bonds. The highest BCUT2D eigenvalue weighted by atomic mass is 15.3. The van der Waals surface area contributed by atoms with Crippen LogP contribution >= 0.6 is 0 Å². The number of aromatic nitrogens is 5. The number of nitrogens with zero attached hydrogens (tertiary/aromatic N) is 6. The van der Waals surface area contributed by atoms with Gasteiger partial charge >= 0.3 is 0 Å². The Morgan fingerprint density at radius 1 is 1.13 bits per heavy atom. The number of rotatable bonds is 6. The molecule has 0 fully saturated rings. The summed E-state index contributed by atoms with van der Waals surface area (Å²) in [5, 5.41) is 7.77. The number of hydrogen-bond acceptors (Lipinski definition) is 6. The molecule has 0 spiro atoms. The molecule has 2 rings (SSSR count). The third kappa shape index (κ3) is 3.97. The van der Waals surface area contributed by atoms with E-state index < -0.39 is 0 Å². The Bertz CT molecular complexity index is 647. The predicted octanol–water partition coefficient (Wildman–Crippen LogP) is 2.07. The minimum absolute atomic E-state index is 0.264. The normalized spacial score (nSPS) is 11.1. The molecule has 2 aromatic rings. The molecule has 0 bridgehead atoms. The van der Waals surface area contributed by atoms with E-state index in [1.54, 1.807) is 0 Å². The van der Waals surface area contributed by atoms with Crippen LogP contribution in [0, 0.1) is 13.8 Å². The van der Waals surface area contributed by atoms with Crippen LogP contribution in [-0.2, 0) is 13.5 Å². The van der Waals surface area contributed by atoms with Gasteiger partial charge in [-0.25, -0.2) is 0 Å². The molecule has 126 valence electrons. The molecule has 0 aliphatic heterocycles. The Hall–Kier alpha value is -2.18. The van der Waals surface area contributed by atoms with Gasteiger partial charge in [0.1, 0.15) is 5.82 Å². The largest absolute Gasteiger partial charge is 0.354 e. The molecule has 0 saturated heterocycles. The van der Waals surface area contributed by atoms with E-state index in [9.17, 15) is 0 Å². The van der Waals surface area contributed by atoms with Gasteiger partial charge in [-0.15, -0.1) is 0 Å². The summed E-state index contributed by atoms with van der Waals surface area (Å²) in [7, 11) is 5.85. The van der Waals surface area contributed by atoms with E-state index in [1.807, 2.05) is 37.6 Å². The fourth-order valence-electron chi connectivity index (χ4n) is 2.40. The first-order valence-corrected chi connectivity index (χ1v) is 7.95. The van der Waals surface area contributed by atoms with E-state index in [-0.39, 0.29) is 5.92 Å². The average molecular weight is 317 g/mol. The molecule has 0 radical (unpaired) electrons. The van der Waals surface area contributed by atoms with Gasteiger partial charge < -0.3 is 10.2 Å². The highest BCUT2D eigenvalue weighted by Gasteiger charge is 2.12. The van der Waals surface area contributed by atoms with Crippen LogP contribution < -0.4 is 10.2 Å². The number of anilines is 2. The fraction of sp³-hybridized carbons (Fsp3) is 0.625. The van der Waals surface area contributed by atoms with Gasteiger partial charge in [-0.1, -0.05) is 13.8 Å². The molecule has 7 heteroatoms. The third-order valence-electron chi connectivity index (χ3n) is 3.87. The highest BCUT2D eigenvalue weighted by Crippen LogP contribution is 2.16. The quantitative estimate of drug-likeness (QED) is 0.879. The Labute approximate surface area is 138 Å². The van der Waals surface area contributed by atoms with Crippen molar-refractivity contribution in [3.8, 4) is 0 Å². The van der Waals surface area contributed by atoms with Gasteiger partial charge in [0.25, 0.3) is 0 Å². The number of hydrogen-bond donors (Lipinski definition) is 1. The van der Waals surface area contributed by atoms with Gasteiger partial charge in [0, 0.05) is 39.3 Å². The molecule has 0 aliphatic carbocycles. The molecule has 0 aromatic carbocycles. The number of nitrogens with one attached hydrogen (secondary N) is 1.